The van der Waals surface area contributed by atoms with E-state index < -0.39 is 12.1 Å². The Balaban J connectivity index is 1.56. The first kappa shape index (κ1) is 22.8. The Morgan fingerprint density at radius 2 is 2.10 bits per heavy atom. The molecule has 2 heterocycles. The lowest BCUT2D eigenvalue weighted by molar-refractivity contribution is -0.117. The van der Waals surface area contributed by atoms with Crippen molar-refractivity contribution in [3.05, 3.63) is 40.9 Å². The van der Waals surface area contributed by atoms with Crippen molar-refractivity contribution in [2.24, 2.45) is 0 Å². The summed E-state index contributed by atoms with van der Waals surface area (Å²) in [6, 6.07) is 7.84. The van der Waals surface area contributed by atoms with Crippen LogP contribution in [0.15, 0.2) is 34.0 Å². The zero-order valence-electron chi connectivity index (χ0n) is 17.1. The van der Waals surface area contributed by atoms with Gasteiger partial charge >= 0.3 is 5.97 Å². The maximum Gasteiger partial charge on any atom is 0.355 e. The average Bonchev–Trinajstić information content (AvgIpc) is 3.35. The van der Waals surface area contributed by atoms with Gasteiger partial charge in [0.2, 0.25) is 5.91 Å². The van der Waals surface area contributed by atoms with Crippen LogP contribution in [-0.2, 0) is 4.79 Å². The van der Waals surface area contributed by atoms with Gasteiger partial charge < -0.3 is 15.1 Å². The summed E-state index contributed by atoms with van der Waals surface area (Å²) in [6.45, 7) is 2.15. The molecule has 1 aliphatic heterocycles. The average molecular weight is 449 g/mol. The number of rotatable bonds is 11. The second-order valence-corrected chi connectivity index (χ2v) is 9.70. The van der Waals surface area contributed by atoms with E-state index >= 15 is 0 Å². The van der Waals surface area contributed by atoms with Crippen molar-refractivity contribution < 1.29 is 19.8 Å². The van der Waals surface area contributed by atoms with E-state index in [2.05, 4.69) is 11.9 Å². The molecule has 0 radical (unpaired) electrons. The van der Waals surface area contributed by atoms with Crippen LogP contribution in [0.25, 0.3) is 0 Å². The molecule has 1 aliphatic rings. The number of aromatic nitrogens is 1. The van der Waals surface area contributed by atoms with Gasteiger partial charge in [-0.2, -0.15) is 0 Å². The lowest BCUT2D eigenvalue weighted by Gasteiger charge is -2.25. The number of carbonyl (C=O) groups is 2. The minimum absolute atomic E-state index is 0.0807. The van der Waals surface area contributed by atoms with Crippen LogP contribution in [0.3, 0.4) is 0 Å². The lowest BCUT2D eigenvalue weighted by atomic mass is 10.0. The van der Waals surface area contributed by atoms with Gasteiger partial charge in [-0.3, -0.25) is 4.79 Å². The third-order valence-electron chi connectivity index (χ3n) is 5.34. The molecule has 0 aliphatic carbocycles. The van der Waals surface area contributed by atoms with Crippen molar-refractivity contribution >= 4 is 40.7 Å². The molecule has 30 heavy (non-hydrogen) atoms. The number of aromatic carboxylic acids is 1. The summed E-state index contributed by atoms with van der Waals surface area (Å²) in [5.41, 5.74) is 1.85. The minimum atomic E-state index is -1.01. The van der Waals surface area contributed by atoms with Crippen molar-refractivity contribution in [3.8, 4) is 0 Å². The number of hydrogen-bond acceptors (Lipinski definition) is 6. The van der Waals surface area contributed by atoms with Crippen LogP contribution < -0.4 is 4.90 Å². The highest BCUT2D eigenvalue weighted by Gasteiger charge is 2.31. The zero-order valence-corrected chi connectivity index (χ0v) is 18.8. The van der Waals surface area contributed by atoms with E-state index in [9.17, 15) is 14.7 Å². The third kappa shape index (κ3) is 5.83. The summed E-state index contributed by atoms with van der Waals surface area (Å²) in [7, 11) is 0. The Labute approximate surface area is 185 Å². The van der Waals surface area contributed by atoms with E-state index in [1.54, 1.807) is 5.38 Å². The molecule has 0 spiro atoms. The fraction of sp³-hybridized carbons (Fsp3) is 0.500. The van der Waals surface area contributed by atoms with Gasteiger partial charge in [0.05, 0.1) is 6.10 Å². The summed E-state index contributed by atoms with van der Waals surface area (Å²) < 4.78 is 0.740. The number of carboxylic acid groups (broad SMARTS) is 1. The Morgan fingerprint density at radius 1 is 1.33 bits per heavy atom. The molecule has 1 saturated heterocycles. The van der Waals surface area contributed by atoms with Gasteiger partial charge in [-0.15, -0.1) is 11.3 Å². The summed E-state index contributed by atoms with van der Waals surface area (Å²) in [6.07, 6.45) is 5.74. The number of aliphatic hydroxyl groups is 1. The fourth-order valence-electron chi connectivity index (χ4n) is 3.69. The molecular weight excluding hydrogens is 420 g/mol. The van der Waals surface area contributed by atoms with Crippen LogP contribution in [0.5, 0.6) is 0 Å². The quantitative estimate of drug-likeness (QED) is 0.366. The van der Waals surface area contributed by atoms with Gasteiger partial charge in [0, 0.05) is 29.3 Å². The number of carboxylic acids is 1. The van der Waals surface area contributed by atoms with Crippen LogP contribution >= 0.6 is 23.1 Å². The normalized spacial score (nSPS) is 17.5. The number of unbranched alkanes of at least 4 members (excludes halogenated alkanes) is 2. The highest BCUT2D eigenvalue weighted by atomic mass is 32.2. The standard InChI is InChI=1S/C22H28N2O4S2/c1-2-3-4-5-19(25)15-6-8-16(9-7-15)24-17(10-11-20(24)26)12-13-29-22-23-18(14-30-22)21(27)28/h6-9,14,17,19,25H,2-5,10-13H2,1H3,(H,27,28)/t17?,19-/m1/s1. The highest BCUT2D eigenvalue weighted by Crippen LogP contribution is 2.32. The van der Waals surface area contributed by atoms with Crippen molar-refractivity contribution in [1.29, 1.82) is 0 Å². The lowest BCUT2D eigenvalue weighted by Crippen LogP contribution is -2.33. The monoisotopic (exact) mass is 448 g/mol. The van der Waals surface area contributed by atoms with Crippen molar-refractivity contribution in [1.82, 2.24) is 4.98 Å². The molecular formula is C22H28N2O4S2. The van der Waals surface area contributed by atoms with Gasteiger partial charge in [-0.05, 0) is 37.0 Å². The number of thiazole rings is 1. The molecule has 162 valence electrons. The number of benzene rings is 1. The van der Waals surface area contributed by atoms with Crippen molar-refractivity contribution in [3.63, 3.8) is 0 Å². The summed E-state index contributed by atoms with van der Waals surface area (Å²) in [5.74, 6) is -0.108. The second-order valence-electron chi connectivity index (χ2n) is 7.50. The fourth-order valence-corrected chi connectivity index (χ4v) is 5.60. The van der Waals surface area contributed by atoms with Crippen LogP contribution in [0, 0.1) is 0 Å². The summed E-state index contributed by atoms with van der Waals surface area (Å²) >= 11 is 2.87. The molecule has 2 aromatic rings. The smallest absolute Gasteiger partial charge is 0.355 e. The predicted molar refractivity (Wildman–Crippen MR) is 120 cm³/mol. The number of aliphatic hydroxyl groups excluding tert-OH is 1. The number of hydrogen-bond donors (Lipinski definition) is 2. The van der Waals surface area contributed by atoms with Gasteiger partial charge in [-0.25, -0.2) is 9.78 Å². The molecule has 1 aromatic carbocycles. The first-order valence-corrected chi connectivity index (χ1v) is 12.3. The topological polar surface area (TPSA) is 90.7 Å². The van der Waals surface area contributed by atoms with Crippen molar-refractivity contribution in [2.45, 2.75) is 68.4 Å². The number of thioether (sulfide) groups is 1. The summed E-state index contributed by atoms with van der Waals surface area (Å²) in [4.78, 5) is 29.4. The van der Waals surface area contributed by atoms with Crippen LogP contribution in [0.4, 0.5) is 5.69 Å². The molecule has 0 saturated carbocycles. The van der Waals surface area contributed by atoms with E-state index in [1.807, 2.05) is 29.2 Å². The maximum atomic E-state index is 12.5. The van der Waals surface area contributed by atoms with Gasteiger partial charge in [0.25, 0.3) is 0 Å². The SMILES string of the molecule is CCCCC[C@@H](O)c1ccc(N2C(=O)CCC2CCSc2nc(C(=O)O)cs2)cc1. The van der Waals surface area contributed by atoms with Crippen LogP contribution in [0.1, 0.15) is 74.0 Å². The van der Waals surface area contributed by atoms with Gasteiger partial charge in [0.1, 0.15) is 0 Å². The van der Waals surface area contributed by atoms with Gasteiger partial charge in [-0.1, -0.05) is 50.1 Å². The highest BCUT2D eigenvalue weighted by molar-refractivity contribution is 8.01. The second kappa shape index (κ2) is 10.9. The molecule has 2 atom stereocenters. The molecule has 1 fully saturated rings. The first-order valence-electron chi connectivity index (χ1n) is 10.4. The Hall–Kier alpha value is -1.90. The zero-order chi connectivity index (χ0) is 21.5. The molecule has 1 amide bonds. The summed E-state index contributed by atoms with van der Waals surface area (Å²) in [5, 5.41) is 20.9. The molecule has 8 heteroatoms. The Bertz CT molecular complexity index is 853. The van der Waals surface area contributed by atoms with Crippen molar-refractivity contribution in [2.75, 3.05) is 10.7 Å². The van der Waals surface area contributed by atoms with Crippen LogP contribution in [0.2, 0.25) is 0 Å². The largest absolute Gasteiger partial charge is 0.476 e. The van der Waals surface area contributed by atoms with E-state index in [0.29, 0.717) is 6.42 Å². The van der Waals surface area contributed by atoms with E-state index in [1.165, 1.54) is 23.1 Å². The molecule has 3 rings (SSSR count). The number of carbonyl (C=O) groups excluding carboxylic acids is 1. The molecule has 6 nitrogen and oxygen atoms in total. The third-order valence-corrected chi connectivity index (χ3v) is 7.40. The Morgan fingerprint density at radius 3 is 2.77 bits per heavy atom. The van der Waals surface area contributed by atoms with Crippen LogP contribution in [-0.4, -0.2) is 38.9 Å². The number of anilines is 1. The maximum absolute atomic E-state index is 12.5. The molecule has 0 bridgehead atoms. The minimum Gasteiger partial charge on any atom is -0.476 e. The Kier molecular flexibility index (Phi) is 8.30. The van der Waals surface area contributed by atoms with Gasteiger partial charge in [0.15, 0.2) is 10.0 Å². The first-order chi connectivity index (χ1) is 14.5. The van der Waals surface area contributed by atoms with E-state index in [4.69, 9.17) is 5.11 Å². The molecule has 2 N–H and O–H groups in total. The molecule has 1 unspecified atom stereocenters. The van der Waals surface area contributed by atoms with E-state index in [-0.39, 0.29) is 17.6 Å². The van der Waals surface area contributed by atoms with E-state index in [0.717, 1.165) is 59.9 Å². The number of amides is 1. The molecule has 1 aromatic heterocycles. The predicted octanol–water partition coefficient (Wildman–Crippen LogP) is 5.13. The number of nitrogens with zero attached hydrogens (tertiary/aromatic N) is 2.